The number of nitrogen functional groups attached to an aromatic ring is 2. The number of carbonyl (C=O) groups excluding carboxylic acids is 2. The summed E-state index contributed by atoms with van der Waals surface area (Å²) in [4.78, 5) is 23.3. The second-order valence-electron chi connectivity index (χ2n) is 12.2. The zero-order valence-corrected chi connectivity index (χ0v) is 32.1. The number of anilines is 4. The zero-order chi connectivity index (χ0) is 42.5. The summed E-state index contributed by atoms with van der Waals surface area (Å²) in [5.74, 6) is -1.66. The number of hydrogen-bond acceptors (Lipinski definition) is 16. The predicted octanol–water partition coefficient (Wildman–Crippen LogP) is 3.33. The molecule has 0 heterocycles. The highest BCUT2D eigenvalue weighted by molar-refractivity contribution is 7.91. The molecule has 2 aliphatic rings. The molecule has 24 heteroatoms. The normalized spacial score (nSPS) is 16.0. The molecule has 0 radical (unpaired) electrons. The van der Waals surface area contributed by atoms with Crippen molar-refractivity contribution in [1.29, 1.82) is 0 Å². The van der Waals surface area contributed by atoms with Crippen LogP contribution in [0.2, 0.25) is 0 Å². The van der Waals surface area contributed by atoms with Crippen LogP contribution in [0.4, 0.5) is 22.7 Å². The number of nitrogens with zero attached hydrogens (tertiary/aromatic N) is 2. The van der Waals surface area contributed by atoms with E-state index in [0.717, 1.165) is 48.6 Å². The van der Waals surface area contributed by atoms with Gasteiger partial charge in [-0.3, -0.25) is 38.7 Å². The summed E-state index contributed by atoms with van der Waals surface area (Å²) in [5, 5.41) is 7.74. The minimum atomic E-state index is -5.03. The topological polar surface area (TPSA) is 352 Å². The highest BCUT2D eigenvalue weighted by Crippen LogP contribution is 2.31. The number of benzene rings is 4. The summed E-state index contributed by atoms with van der Waals surface area (Å²) in [6.45, 7) is 0. The highest BCUT2D eigenvalue weighted by atomic mass is 32.2. The first-order chi connectivity index (χ1) is 26.9. The van der Waals surface area contributed by atoms with Crippen LogP contribution < -0.4 is 22.3 Å². The van der Waals surface area contributed by atoms with Crippen LogP contribution in [0.3, 0.4) is 0 Å². The van der Waals surface area contributed by atoms with Crippen molar-refractivity contribution >= 4 is 111 Å². The fourth-order valence-electron chi connectivity index (χ4n) is 5.64. The molecule has 300 valence electrons. The summed E-state index contributed by atoms with van der Waals surface area (Å²) in [7, 11) is -19.7. The minimum absolute atomic E-state index is 0.0387. The molecule has 0 atom stereocenters. The number of allylic oxidation sites excluding steroid dienone is 2. The number of Topliss-reactive ketones (excluding diaryl/α,β-unsaturated/α-hetero) is 2. The first-order valence-corrected chi connectivity index (χ1v) is 21.5. The molecule has 0 bridgehead atoms. The molecule has 0 saturated carbocycles. The number of rotatable bonds is 10. The van der Waals surface area contributed by atoms with Crippen molar-refractivity contribution < 1.29 is 61.5 Å². The maximum absolute atomic E-state index is 13.2. The summed E-state index contributed by atoms with van der Waals surface area (Å²) in [6.07, 6.45) is 5.68. The molecule has 2 aliphatic carbocycles. The Morgan fingerprint density at radius 3 is 1.62 bits per heavy atom. The van der Waals surface area contributed by atoms with E-state index < -0.39 is 83.0 Å². The third kappa shape index (κ3) is 8.62. The van der Waals surface area contributed by atoms with Crippen molar-refractivity contribution in [2.45, 2.75) is 14.7 Å². The van der Waals surface area contributed by atoms with Gasteiger partial charge in [-0.05, 0) is 82.9 Å². The second-order valence-corrected chi connectivity index (χ2v) is 17.8. The lowest BCUT2D eigenvalue weighted by molar-refractivity contribution is 0.105. The molecular weight excluding hydrogens is 845 g/mol. The molecule has 0 aromatic heterocycles. The first-order valence-electron chi connectivity index (χ1n) is 15.8. The molecule has 0 amide bonds. The van der Waals surface area contributed by atoms with Crippen LogP contribution in [0.5, 0.6) is 0 Å². The van der Waals surface area contributed by atoms with Gasteiger partial charge in [-0.15, -0.1) is 0 Å². The quantitative estimate of drug-likeness (QED) is 0.0490. The zero-order valence-electron chi connectivity index (χ0n) is 28.8. The van der Waals surface area contributed by atoms with Gasteiger partial charge in [-0.2, -0.15) is 43.9 Å². The maximum atomic E-state index is 13.2. The van der Waals surface area contributed by atoms with Crippen molar-refractivity contribution in [3.8, 4) is 0 Å². The molecule has 4 aromatic rings. The molecule has 0 aliphatic heterocycles. The lowest BCUT2D eigenvalue weighted by Crippen LogP contribution is -2.27. The number of nitrogens with two attached hydrogens (primary N) is 2. The average molecular weight is 871 g/mol. The Bertz CT molecular complexity index is 3120. The molecule has 58 heavy (non-hydrogen) atoms. The van der Waals surface area contributed by atoms with Crippen molar-refractivity contribution in [2.24, 2.45) is 10.2 Å². The van der Waals surface area contributed by atoms with Crippen molar-refractivity contribution in [1.82, 2.24) is 0 Å². The monoisotopic (exact) mass is 870 g/mol. The molecule has 10 N–H and O–H groups in total. The molecule has 20 nitrogen and oxygen atoms in total. The van der Waals surface area contributed by atoms with Gasteiger partial charge < -0.3 is 11.5 Å². The Balaban J connectivity index is 1.28. The molecular formula is C34H26N6O14S4. The molecule has 4 aromatic carbocycles. The van der Waals surface area contributed by atoms with E-state index in [9.17, 15) is 61.5 Å². The SMILES string of the molecule is Nc1ccc2c(c1)C(=O)/C(=N/Nc1ccc(/C=C/c3ccc(N/N=C4\C=Cc5cc(S(=O)(=O)O)c(N)cc5C4=O)cc3S(=O)(=O)O)c(S(=O)(=O)O)c1)C(S(=O)(=O)O)=C2. The standard InChI is InChI=1S/C34H26N6O14S4/c35-21-7-3-19-12-31(58(52,53)54)32(34(42)24(19)13-21)40-38-23-9-5-18(29(15-23)56(46,47)48)2-1-17-4-8-22(14-28(17)55(43,44)45)37-39-27-10-6-20-11-30(57(49,50)51)26(36)16-25(20)33(27)41/h1-16,37-38H,35-36H2,(H,43,44,45)(H,46,47,48)(H,49,50,51)(H,52,53,54)/b2-1+,39-27+,40-32+. The van der Waals surface area contributed by atoms with E-state index in [-0.39, 0.29) is 56.2 Å². The Morgan fingerprint density at radius 2 is 1.09 bits per heavy atom. The largest absolute Gasteiger partial charge is 0.399 e. The van der Waals surface area contributed by atoms with E-state index in [2.05, 4.69) is 21.1 Å². The summed E-state index contributed by atoms with van der Waals surface area (Å²) >= 11 is 0. The van der Waals surface area contributed by atoms with E-state index >= 15 is 0 Å². The van der Waals surface area contributed by atoms with Gasteiger partial charge in [0.05, 0.1) is 17.1 Å². The number of nitrogens with one attached hydrogen (secondary N) is 2. The van der Waals surface area contributed by atoms with E-state index in [1.807, 2.05) is 0 Å². The number of fused-ring (bicyclic) bond motifs is 2. The Labute approximate surface area is 329 Å². The number of hydrazone groups is 2. The van der Waals surface area contributed by atoms with Crippen LogP contribution >= 0.6 is 0 Å². The predicted molar refractivity (Wildman–Crippen MR) is 212 cm³/mol. The molecule has 0 spiro atoms. The number of ketones is 2. The Hall–Kier alpha value is -6.38. The third-order valence-corrected chi connectivity index (χ3v) is 11.9. The number of hydrogen-bond donors (Lipinski definition) is 8. The van der Waals surface area contributed by atoms with Crippen LogP contribution in [0.1, 0.15) is 43.0 Å². The van der Waals surface area contributed by atoms with Gasteiger partial charge >= 0.3 is 0 Å². The number of carbonyl (C=O) groups is 2. The Kier molecular flexibility index (Phi) is 10.6. The average Bonchev–Trinajstić information content (AvgIpc) is 3.12. The fraction of sp³-hybridized carbons (Fsp3) is 0. The van der Waals surface area contributed by atoms with Gasteiger partial charge in [0.2, 0.25) is 11.6 Å². The summed E-state index contributed by atoms with van der Waals surface area (Å²) in [5.41, 5.74) is 14.5. The van der Waals surface area contributed by atoms with E-state index in [1.54, 1.807) is 0 Å². The smallest absolute Gasteiger partial charge is 0.296 e. The maximum Gasteiger partial charge on any atom is 0.296 e. The van der Waals surface area contributed by atoms with E-state index in [1.165, 1.54) is 48.6 Å². The van der Waals surface area contributed by atoms with Gasteiger partial charge in [-0.1, -0.05) is 36.4 Å². The van der Waals surface area contributed by atoms with E-state index in [0.29, 0.717) is 0 Å². The van der Waals surface area contributed by atoms with Gasteiger partial charge in [0.1, 0.15) is 25.3 Å². The van der Waals surface area contributed by atoms with E-state index in [4.69, 9.17) is 11.5 Å². The fourth-order valence-corrected chi connectivity index (χ4v) is 8.35. The summed E-state index contributed by atoms with van der Waals surface area (Å²) in [6, 6.07) is 12.6. The Morgan fingerprint density at radius 1 is 0.552 bits per heavy atom. The summed E-state index contributed by atoms with van der Waals surface area (Å²) < 4.78 is 136. The van der Waals surface area contributed by atoms with Crippen molar-refractivity contribution in [3.05, 3.63) is 111 Å². The second kappa shape index (κ2) is 14.8. The lowest BCUT2D eigenvalue weighted by atomic mass is 9.94. The van der Waals surface area contributed by atoms with Gasteiger partial charge in [0.25, 0.3) is 40.5 Å². The van der Waals surface area contributed by atoms with Crippen LogP contribution in [0.25, 0.3) is 24.3 Å². The molecule has 0 fully saturated rings. The van der Waals surface area contributed by atoms with Gasteiger partial charge in [0.15, 0.2) is 5.71 Å². The molecule has 0 unspecified atom stereocenters. The van der Waals surface area contributed by atoms with Crippen LogP contribution in [-0.4, -0.2) is 74.9 Å². The van der Waals surface area contributed by atoms with Crippen LogP contribution in [0, 0.1) is 0 Å². The van der Waals surface area contributed by atoms with Crippen molar-refractivity contribution in [3.63, 3.8) is 0 Å². The lowest BCUT2D eigenvalue weighted by Gasteiger charge is -2.16. The third-order valence-electron chi connectivity index (χ3n) is 8.32. The van der Waals surface area contributed by atoms with Crippen LogP contribution in [0.15, 0.2) is 103 Å². The van der Waals surface area contributed by atoms with Gasteiger partial charge in [0, 0.05) is 16.8 Å². The minimum Gasteiger partial charge on any atom is -0.399 e. The first kappa shape index (κ1) is 41.3. The molecule has 6 rings (SSSR count). The van der Waals surface area contributed by atoms with Crippen molar-refractivity contribution in [2.75, 3.05) is 22.3 Å². The van der Waals surface area contributed by atoms with Gasteiger partial charge in [-0.25, -0.2) is 0 Å². The molecule has 0 saturated heterocycles. The van der Waals surface area contributed by atoms with Crippen LogP contribution in [-0.2, 0) is 40.5 Å². The highest BCUT2D eigenvalue weighted by Gasteiger charge is 2.33.